The van der Waals surface area contributed by atoms with Crippen LogP contribution in [0.4, 0.5) is 0 Å². The van der Waals surface area contributed by atoms with Gasteiger partial charge in [-0.1, -0.05) is 20.3 Å². The average Bonchev–Trinajstić information content (AvgIpc) is 2.73. The highest BCUT2D eigenvalue weighted by molar-refractivity contribution is 5.85. The monoisotopic (exact) mass is 288 g/mol. The zero-order valence-electron chi connectivity index (χ0n) is 12.4. The third-order valence-electron chi connectivity index (χ3n) is 4.93. The third-order valence-corrected chi connectivity index (χ3v) is 4.93. The molecule has 1 aliphatic carbocycles. The van der Waals surface area contributed by atoms with Crippen LogP contribution in [0.3, 0.4) is 0 Å². The van der Waals surface area contributed by atoms with Crippen molar-refractivity contribution in [2.45, 2.75) is 52.4 Å². The van der Waals surface area contributed by atoms with Gasteiger partial charge in [0.15, 0.2) is 0 Å². The highest BCUT2D eigenvalue weighted by atomic mass is 35.5. The molecule has 1 heterocycles. The van der Waals surface area contributed by atoms with Crippen LogP contribution in [0, 0.1) is 17.3 Å². The van der Waals surface area contributed by atoms with Gasteiger partial charge in [-0.15, -0.1) is 12.4 Å². The molecule has 0 spiro atoms. The molecular formula is C15H29ClN2O. The van der Waals surface area contributed by atoms with Crippen molar-refractivity contribution in [3.8, 4) is 0 Å². The van der Waals surface area contributed by atoms with E-state index in [9.17, 15) is 4.79 Å². The lowest BCUT2D eigenvalue weighted by molar-refractivity contribution is -0.136. The number of likely N-dealkylation sites (tertiary alicyclic amines) is 1. The molecule has 0 unspecified atom stereocenters. The van der Waals surface area contributed by atoms with E-state index >= 15 is 0 Å². The van der Waals surface area contributed by atoms with Gasteiger partial charge in [0.05, 0.1) is 0 Å². The predicted octanol–water partition coefficient (Wildman–Crippen LogP) is 2.82. The maximum absolute atomic E-state index is 12.6. The van der Waals surface area contributed by atoms with Gasteiger partial charge in [-0.05, 0) is 50.0 Å². The Balaban J connectivity index is 0.00000180. The summed E-state index contributed by atoms with van der Waals surface area (Å²) < 4.78 is 0. The fourth-order valence-corrected chi connectivity index (χ4v) is 3.52. The van der Waals surface area contributed by atoms with Gasteiger partial charge in [0.2, 0.25) is 5.91 Å². The summed E-state index contributed by atoms with van der Waals surface area (Å²) in [5, 5.41) is 0. The molecule has 0 bridgehead atoms. The molecule has 1 saturated heterocycles. The minimum absolute atomic E-state index is 0. The van der Waals surface area contributed by atoms with E-state index in [-0.39, 0.29) is 18.3 Å². The molecule has 1 aliphatic heterocycles. The van der Waals surface area contributed by atoms with E-state index in [1.54, 1.807) is 0 Å². The van der Waals surface area contributed by atoms with Crippen LogP contribution in [0.25, 0.3) is 0 Å². The molecule has 19 heavy (non-hydrogen) atoms. The van der Waals surface area contributed by atoms with Crippen LogP contribution in [-0.4, -0.2) is 30.4 Å². The smallest absolute Gasteiger partial charge is 0.226 e. The van der Waals surface area contributed by atoms with Gasteiger partial charge in [0, 0.05) is 19.0 Å². The van der Waals surface area contributed by atoms with Gasteiger partial charge < -0.3 is 10.6 Å². The Labute approximate surface area is 123 Å². The highest BCUT2D eigenvalue weighted by Crippen LogP contribution is 2.35. The Morgan fingerprint density at radius 1 is 1.21 bits per heavy atom. The number of nitrogens with zero attached hydrogens (tertiary/aromatic N) is 1. The van der Waals surface area contributed by atoms with E-state index in [1.165, 1.54) is 12.8 Å². The molecule has 0 aromatic carbocycles. The number of rotatable bonds is 2. The first kappa shape index (κ1) is 16.8. The van der Waals surface area contributed by atoms with Crippen molar-refractivity contribution in [2.24, 2.45) is 23.0 Å². The van der Waals surface area contributed by atoms with Gasteiger partial charge in [-0.3, -0.25) is 4.79 Å². The largest absolute Gasteiger partial charge is 0.342 e. The minimum Gasteiger partial charge on any atom is -0.342 e. The topological polar surface area (TPSA) is 46.3 Å². The molecule has 2 aliphatic rings. The first-order chi connectivity index (χ1) is 8.53. The zero-order valence-corrected chi connectivity index (χ0v) is 13.2. The van der Waals surface area contributed by atoms with E-state index in [1.807, 2.05) is 0 Å². The van der Waals surface area contributed by atoms with Gasteiger partial charge in [-0.2, -0.15) is 0 Å². The first-order valence-corrected chi connectivity index (χ1v) is 7.52. The van der Waals surface area contributed by atoms with Crippen molar-refractivity contribution >= 4 is 18.3 Å². The number of hydrogen-bond donors (Lipinski definition) is 1. The summed E-state index contributed by atoms with van der Waals surface area (Å²) in [7, 11) is 0. The van der Waals surface area contributed by atoms with Crippen LogP contribution >= 0.6 is 12.4 Å². The Morgan fingerprint density at radius 2 is 1.95 bits per heavy atom. The summed E-state index contributed by atoms with van der Waals surface area (Å²) in [6, 6.07) is 0. The molecular weight excluding hydrogens is 260 g/mol. The van der Waals surface area contributed by atoms with Crippen LogP contribution in [0.5, 0.6) is 0 Å². The number of carbonyl (C=O) groups is 1. The maximum atomic E-state index is 12.6. The quantitative estimate of drug-likeness (QED) is 0.849. The number of nitrogens with two attached hydrogens (primary N) is 1. The fraction of sp³-hybridized carbons (Fsp3) is 0.933. The Hall–Kier alpha value is -0.280. The Kier molecular flexibility index (Phi) is 6.13. The standard InChI is InChI=1S/C15H28N2O.ClH/c1-15(2)7-4-9-17(10-8-15)14(18)13-6-3-5-12(13)11-16;/h12-13H,3-11,16H2,1-2H3;1H/t12-,13-;/m1./s1. The molecule has 1 saturated carbocycles. The van der Waals surface area contributed by atoms with Crippen LogP contribution < -0.4 is 5.73 Å². The van der Waals surface area contributed by atoms with Crippen molar-refractivity contribution in [3.63, 3.8) is 0 Å². The van der Waals surface area contributed by atoms with Gasteiger partial charge >= 0.3 is 0 Å². The molecule has 1 amide bonds. The summed E-state index contributed by atoms with van der Waals surface area (Å²) in [6.07, 6.45) is 6.91. The van der Waals surface area contributed by atoms with E-state index in [4.69, 9.17) is 5.73 Å². The van der Waals surface area contributed by atoms with E-state index in [0.717, 1.165) is 38.8 Å². The van der Waals surface area contributed by atoms with Crippen molar-refractivity contribution in [2.75, 3.05) is 19.6 Å². The Morgan fingerprint density at radius 3 is 2.63 bits per heavy atom. The number of carbonyl (C=O) groups excluding carboxylic acids is 1. The molecule has 4 heteroatoms. The fourth-order valence-electron chi connectivity index (χ4n) is 3.52. The van der Waals surface area contributed by atoms with Crippen molar-refractivity contribution < 1.29 is 4.79 Å². The summed E-state index contributed by atoms with van der Waals surface area (Å²) in [5.74, 6) is 1.05. The number of amides is 1. The lowest BCUT2D eigenvalue weighted by Gasteiger charge is -2.27. The molecule has 0 aromatic rings. The van der Waals surface area contributed by atoms with E-state index in [0.29, 0.717) is 23.8 Å². The second-order valence-electron chi connectivity index (χ2n) is 6.88. The summed E-state index contributed by atoms with van der Waals surface area (Å²) in [6.45, 7) is 7.21. The SMILES string of the molecule is CC1(C)CCCN(C(=O)[C@@H]2CCC[C@@H]2CN)CC1.Cl. The van der Waals surface area contributed by atoms with Crippen LogP contribution in [0.15, 0.2) is 0 Å². The molecule has 2 fully saturated rings. The molecule has 2 rings (SSSR count). The van der Waals surface area contributed by atoms with E-state index in [2.05, 4.69) is 18.7 Å². The lowest BCUT2D eigenvalue weighted by atomic mass is 9.85. The molecule has 2 atom stereocenters. The highest BCUT2D eigenvalue weighted by Gasteiger charge is 2.35. The first-order valence-electron chi connectivity index (χ1n) is 7.52. The lowest BCUT2D eigenvalue weighted by Crippen LogP contribution is -2.39. The minimum atomic E-state index is 0. The molecule has 3 nitrogen and oxygen atoms in total. The number of halogens is 1. The number of hydrogen-bond acceptors (Lipinski definition) is 2. The van der Waals surface area contributed by atoms with Crippen LogP contribution in [0.1, 0.15) is 52.4 Å². The van der Waals surface area contributed by atoms with Crippen molar-refractivity contribution in [1.82, 2.24) is 4.90 Å². The molecule has 0 aromatic heterocycles. The van der Waals surface area contributed by atoms with E-state index < -0.39 is 0 Å². The van der Waals surface area contributed by atoms with Crippen LogP contribution in [0.2, 0.25) is 0 Å². The predicted molar refractivity (Wildman–Crippen MR) is 81.3 cm³/mol. The second-order valence-corrected chi connectivity index (χ2v) is 6.88. The normalized spacial score (nSPS) is 30.6. The third kappa shape index (κ3) is 4.09. The Bertz CT molecular complexity index is 307. The second kappa shape index (κ2) is 6.94. The summed E-state index contributed by atoms with van der Waals surface area (Å²) >= 11 is 0. The van der Waals surface area contributed by atoms with Crippen molar-refractivity contribution in [3.05, 3.63) is 0 Å². The molecule has 0 radical (unpaired) electrons. The van der Waals surface area contributed by atoms with Crippen LogP contribution in [-0.2, 0) is 4.79 Å². The molecule has 112 valence electrons. The summed E-state index contributed by atoms with van der Waals surface area (Å²) in [4.78, 5) is 14.7. The van der Waals surface area contributed by atoms with Gasteiger partial charge in [0.1, 0.15) is 0 Å². The van der Waals surface area contributed by atoms with Gasteiger partial charge in [-0.25, -0.2) is 0 Å². The zero-order chi connectivity index (χ0) is 13.2. The van der Waals surface area contributed by atoms with Crippen molar-refractivity contribution in [1.29, 1.82) is 0 Å². The average molecular weight is 289 g/mol. The van der Waals surface area contributed by atoms with Gasteiger partial charge in [0.25, 0.3) is 0 Å². The molecule has 2 N–H and O–H groups in total. The maximum Gasteiger partial charge on any atom is 0.226 e. The summed E-state index contributed by atoms with van der Waals surface area (Å²) in [5.41, 5.74) is 6.20.